The molecule has 9 heteroatoms. The lowest BCUT2D eigenvalue weighted by Crippen LogP contribution is -2.48. The van der Waals surface area contributed by atoms with Crippen molar-refractivity contribution in [1.29, 1.82) is 0 Å². The number of hydrogen-bond acceptors (Lipinski definition) is 6. The first kappa shape index (κ1) is 18.5. The molecule has 25 heavy (non-hydrogen) atoms. The molecule has 2 fully saturated rings. The van der Waals surface area contributed by atoms with E-state index in [9.17, 15) is 22.6 Å². The summed E-state index contributed by atoms with van der Waals surface area (Å²) in [5, 5.41) is 0. The maximum absolute atomic E-state index is 12.6. The number of nitrogens with zero attached hydrogens (tertiary/aromatic N) is 2. The SMILES string of the molecule is C[N+](C)(CCCCS(=O)(=O)[O-])CCN1C(=O)[C@@H]2C3C=CC(O3)[C@@H]2C1=O. The fourth-order valence-electron chi connectivity index (χ4n) is 3.89. The molecule has 3 rings (SSSR count). The second-order valence-electron chi connectivity index (χ2n) is 7.68. The van der Waals surface area contributed by atoms with Crippen molar-refractivity contribution in [2.75, 3.05) is 39.5 Å². The largest absolute Gasteiger partial charge is 0.748 e. The molecule has 0 aliphatic carbocycles. The fourth-order valence-corrected chi connectivity index (χ4v) is 4.44. The van der Waals surface area contributed by atoms with Gasteiger partial charge in [0, 0.05) is 5.75 Å². The molecular weight excluding hydrogens is 348 g/mol. The number of ether oxygens (including phenoxy) is 1. The van der Waals surface area contributed by atoms with Crippen LogP contribution in [0.5, 0.6) is 0 Å². The molecule has 0 aromatic heterocycles. The Kier molecular flexibility index (Phi) is 4.78. The zero-order valence-electron chi connectivity index (χ0n) is 14.5. The molecular formula is C16H24N2O6S. The van der Waals surface area contributed by atoms with E-state index in [0.717, 1.165) is 0 Å². The Balaban J connectivity index is 1.50. The predicted octanol–water partition coefficient (Wildman–Crippen LogP) is -0.673. The number of imide groups is 1. The molecule has 3 aliphatic rings. The molecule has 0 aromatic rings. The summed E-state index contributed by atoms with van der Waals surface area (Å²) in [7, 11) is -0.239. The van der Waals surface area contributed by atoms with Gasteiger partial charge in [-0.25, -0.2) is 8.42 Å². The molecule has 0 N–H and O–H groups in total. The van der Waals surface area contributed by atoms with Gasteiger partial charge in [0.05, 0.1) is 67.9 Å². The van der Waals surface area contributed by atoms with E-state index >= 15 is 0 Å². The first-order valence-corrected chi connectivity index (χ1v) is 10.1. The van der Waals surface area contributed by atoms with Gasteiger partial charge in [0.15, 0.2) is 0 Å². The number of hydrogen-bond donors (Lipinski definition) is 0. The topological polar surface area (TPSA) is 104 Å². The molecule has 3 heterocycles. The lowest BCUT2D eigenvalue weighted by molar-refractivity contribution is -0.889. The first-order chi connectivity index (χ1) is 11.6. The van der Waals surface area contributed by atoms with Gasteiger partial charge >= 0.3 is 0 Å². The first-order valence-electron chi connectivity index (χ1n) is 8.54. The average molecular weight is 372 g/mol. The van der Waals surface area contributed by atoms with Crippen molar-refractivity contribution >= 4 is 21.9 Å². The Hall–Kier alpha value is -1.29. The molecule has 3 aliphatic heterocycles. The number of quaternary nitrogens is 1. The van der Waals surface area contributed by atoms with Crippen molar-refractivity contribution in [2.24, 2.45) is 11.8 Å². The van der Waals surface area contributed by atoms with E-state index in [0.29, 0.717) is 37.0 Å². The highest BCUT2D eigenvalue weighted by Crippen LogP contribution is 2.44. The molecule has 2 saturated heterocycles. The van der Waals surface area contributed by atoms with Crippen molar-refractivity contribution in [3.05, 3.63) is 12.2 Å². The van der Waals surface area contributed by atoms with Crippen molar-refractivity contribution in [1.82, 2.24) is 4.90 Å². The zero-order valence-corrected chi connectivity index (χ0v) is 15.3. The number of carbonyl (C=O) groups is 2. The molecule has 140 valence electrons. The van der Waals surface area contributed by atoms with Crippen molar-refractivity contribution < 1.29 is 31.8 Å². The summed E-state index contributed by atoms with van der Waals surface area (Å²) >= 11 is 0. The molecule has 4 atom stereocenters. The van der Waals surface area contributed by atoms with Crippen molar-refractivity contribution in [3.8, 4) is 0 Å². The maximum Gasteiger partial charge on any atom is 0.236 e. The maximum atomic E-state index is 12.6. The molecule has 0 radical (unpaired) electrons. The standard InChI is InChI=1S/C16H24N2O6S/c1-18(2,8-3-4-10-25(21,22)23)9-7-17-15(19)13-11-5-6-12(24-11)14(13)16(17)20/h5-6,11-14H,3-4,7-10H2,1-2H3/t11?,12?,13-,14+. The van der Waals surface area contributed by atoms with Gasteiger partial charge in [-0.2, -0.15) is 0 Å². The second-order valence-corrected chi connectivity index (χ2v) is 9.21. The van der Waals surface area contributed by atoms with E-state index in [4.69, 9.17) is 4.74 Å². The second kappa shape index (κ2) is 6.46. The number of carbonyl (C=O) groups excluding carboxylic acids is 2. The number of unbranched alkanes of at least 4 members (excludes halogenated alkanes) is 1. The van der Waals surface area contributed by atoms with E-state index in [1.165, 1.54) is 4.90 Å². The summed E-state index contributed by atoms with van der Waals surface area (Å²) in [4.78, 5) is 26.5. The van der Waals surface area contributed by atoms with Crippen LogP contribution in [-0.4, -0.2) is 85.9 Å². The van der Waals surface area contributed by atoms with Crippen LogP contribution in [-0.2, 0) is 24.4 Å². The Morgan fingerprint density at radius 1 is 1.08 bits per heavy atom. The van der Waals surface area contributed by atoms with Crippen LogP contribution in [0.25, 0.3) is 0 Å². The quantitative estimate of drug-likeness (QED) is 0.184. The van der Waals surface area contributed by atoms with Crippen molar-refractivity contribution in [2.45, 2.75) is 25.0 Å². The van der Waals surface area contributed by atoms with Crippen LogP contribution in [0.2, 0.25) is 0 Å². The smallest absolute Gasteiger partial charge is 0.236 e. The summed E-state index contributed by atoms with van der Waals surface area (Å²) in [6.07, 6.45) is 4.12. The van der Waals surface area contributed by atoms with E-state index in [-0.39, 0.29) is 41.6 Å². The van der Waals surface area contributed by atoms with Gasteiger partial charge in [0.2, 0.25) is 11.8 Å². The fraction of sp³-hybridized carbons (Fsp3) is 0.750. The molecule has 0 saturated carbocycles. The van der Waals surface area contributed by atoms with Crippen LogP contribution in [0.1, 0.15) is 12.8 Å². The highest BCUT2D eigenvalue weighted by atomic mass is 32.2. The summed E-state index contributed by atoms with van der Waals surface area (Å²) in [5.74, 6) is -1.40. The minimum absolute atomic E-state index is 0.149. The molecule has 0 spiro atoms. The number of likely N-dealkylation sites (tertiary alicyclic amines) is 1. The lowest BCUT2D eigenvalue weighted by Gasteiger charge is -2.31. The van der Waals surface area contributed by atoms with Crippen LogP contribution in [0, 0.1) is 11.8 Å². The lowest BCUT2D eigenvalue weighted by atomic mass is 9.85. The Morgan fingerprint density at radius 3 is 2.16 bits per heavy atom. The average Bonchev–Trinajstić information content (AvgIpc) is 3.16. The van der Waals surface area contributed by atoms with Crippen LogP contribution in [0.3, 0.4) is 0 Å². The van der Waals surface area contributed by atoms with Gasteiger partial charge in [-0.15, -0.1) is 0 Å². The zero-order chi connectivity index (χ0) is 18.4. The number of amides is 2. The molecule has 2 unspecified atom stereocenters. The van der Waals surface area contributed by atoms with Crippen LogP contribution < -0.4 is 0 Å². The summed E-state index contributed by atoms with van der Waals surface area (Å²) < 4.78 is 38.0. The highest BCUT2D eigenvalue weighted by molar-refractivity contribution is 7.85. The number of fused-ring (bicyclic) bond motifs is 5. The minimum Gasteiger partial charge on any atom is -0.748 e. The van der Waals surface area contributed by atoms with E-state index in [1.54, 1.807) is 0 Å². The molecule has 2 amide bonds. The van der Waals surface area contributed by atoms with E-state index in [1.807, 2.05) is 26.2 Å². The summed E-state index contributed by atoms with van der Waals surface area (Å²) in [6.45, 7) is 1.61. The van der Waals surface area contributed by atoms with E-state index < -0.39 is 10.1 Å². The van der Waals surface area contributed by atoms with Gasteiger partial charge in [0.25, 0.3) is 0 Å². The van der Waals surface area contributed by atoms with Gasteiger partial charge in [-0.3, -0.25) is 14.5 Å². The predicted molar refractivity (Wildman–Crippen MR) is 87.1 cm³/mol. The summed E-state index contributed by atoms with van der Waals surface area (Å²) in [5.41, 5.74) is 0. The summed E-state index contributed by atoms with van der Waals surface area (Å²) in [6, 6.07) is 0. The molecule has 2 bridgehead atoms. The van der Waals surface area contributed by atoms with Crippen LogP contribution in [0.15, 0.2) is 12.2 Å². The Morgan fingerprint density at radius 2 is 1.64 bits per heavy atom. The Labute approximate surface area is 147 Å². The Bertz CT molecular complexity index is 671. The number of likely N-dealkylation sites (N-methyl/N-ethyl adjacent to an activating group) is 1. The van der Waals surface area contributed by atoms with Crippen molar-refractivity contribution in [3.63, 3.8) is 0 Å². The molecule has 0 aromatic carbocycles. The van der Waals surface area contributed by atoms with Crippen LogP contribution in [0.4, 0.5) is 0 Å². The van der Waals surface area contributed by atoms with E-state index in [2.05, 4.69) is 0 Å². The third-order valence-electron chi connectivity index (χ3n) is 5.34. The van der Waals surface area contributed by atoms with Gasteiger partial charge in [-0.05, 0) is 12.8 Å². The molecule has 8 nitrogen and oxygen atoms in total. The number of rotatable bonds is 8. The minimum atomic E-state index is -4.17. The van der Waals surface area contributed by atoms with Crippen LogP contribution >= 0.6 is 0 Å². The van der Waals surface area contributed by atoms with Gasteiger partial charge < -0.3 is 13.8 Å². The third-order valence-corrected chi connectivity index (χ3v) is 6.13. The van der Waals surface area contributed by atoms with Gasteiger partial charge in [0.1, 0.15) is 0 Å². The monoisotopic (exact) mass is 372 g/mol. The normalized spacial score (nSPS) is 31.2. The van der Waals surface area contributed by atoms with Gasteiger partial charge in [-0.1, -0.05) is 12.2 Å². The highest BCUT2D eigenvalue weighted by Gasteiger charge is 2.60. The third kappa shape index (κ3) is 3.79.